The normalized spacial score (nSPS) is 11.5. The molecule has 1 aromatic carbocycles. The van der Waals surface area contributed by atoms with E-state index < -0.39 is 19.3 Å². The number of aromatic nitrogens is 2. The van der Waals surface area contributed by atoms with E-state index in [1.54, 1.807) is 6.07 Å². The van der Waals surface area contributed by atoms with Crippen LogP contribution in [0.5, 0.6) is 0 Å². The van der Waals surface area contributed by atoms with Crippen LogP contribution >= 0.6 is 0 Å². The van der Waals surface area contributed by atoms with Gasteiger partial charge in [0.25, 0.3) is 5.56 Å². The minimum Gasteiger partial charge on any atom is -0.384 e. The number of nitrogens with one attached hydrogen (secondary N) is 2. The first kappa shape index (κ1) is 16.0. The Morgan fingerprint density at radius 3 is 2.55 bits per heavy atom. The van der Waals surface area contributed by atoms with Crippen molar-refractivity contribution in [3.8, 4) is 11.3 Å². The molecule has 0 radical (unpaired) electrons. The standard InChI is InChI=1S/C14H13F4N3O/c15-8-10-7-9(12-3-4-13(22)21-20-12)1-2-11(10)19-6-5-14(16,17)18/h1-4,7,19H,5-6,8H2,(H,21,22). The van der Waals surface area contributed by atoms with Crippen LogP contribution in [0.3, 0.4) is 0 Å². The smallest absolute Gasteiger partial charge is 0.384 e. The van der Waals surface area contributed by atoms with Crippen LogP contribution in [0.2, 0.25) is 0 Å². The molecule has 1 aromatic heterocycles. The van der Waals surface area contributed by atoms with Gasteiger partial charge in [-0.3, -0.25) is 4.79 Å². The molecule has 1 heterocycles. The van der Waals surface area contributed by atoms with Crippen LogP contribution < -0.4 is 10.9 Å². The quantitative estimate of drug-likeness (QED) is 0.833. The van der Waals surface area contributed by atoms with E-state index in [1.165, 1.54) is 24.3 Å². The van der Waals surface area contributed by atoms with Crippen molar-refractivity contribution in [1.29, 1.82) is 0 Å². The van der Waals surface area contributed by atoms with E-state index in [1.807, 2.05) is 0 Å². The maximum atomic E-state index is 13.1. The van der Waals surface area contributed by atoms with Gasteiger partial charge in [-0.2, -0.15) is 18.3 Å². The summed E-state index contributed by atoms with van der Waals surface area (Å²) in [6.45, 7) is -1.15. The third-order valence-electron chi connectivity index (χ3n) is 2.95. The van der Waals surface area contributed by atoms with E-state index >= 15 is 0 Å². The van der Waals surface area contributed by atoms with Gasteiger partial charge in [0, 0.05) is 29.4 Å². The monoisotopic (exact) mass is 315 g/mol. The number of hydrogen-bond donors (Lipinski definition) is 2. The van der Waals surface area contributed by atoms with Crippen molar-refractivity contribution < 1.29 is 17.6 Å². The molecule has 2 aromatic rings. The number of alkyl halides is 4. The zero-order valence-corrected chi connectivity index (χ0v) is 11.4. The first-order chi connectivity index (χ1) is 10.4. The van der Waals surface area contributed by atoms with E-state index in [9.17, 15) is 22.4 Å². The fourth-order valence-electron chi connectivity index (χ4n) is 1.88. The molecule has 4 nitrogen and oxygen atoms in total. The second-order valence-electron chi connectivity index (χ2n) is 4.60. The minimum atomic E-state index is -4.26. The summed E-state index contributed by atoms with van der Waals surface area (Å²) >= 11 is 0. The molecule has 0 bridgehead atoms. The lowest BCUT2D eigenvalue weighted by atomic mass is 10.1. The Morgan fingerprint density at radius 2 is 1.95 bits per heavy atom. The Bertz CT molecular complexity index is 677. The number of halogens is 4. The third-order valence-corrected chi connectivity index (χ3v) is 2.95. The first-order valence-corrected chi connectivity index (χ1v) is 6.44. The average Bonchev–Trinajstić information content (AvgIpc) is 2.47. The number of rotatable bonds is 5. The molecular formula is C14H13F4N3O. The highest BCUT2D eigenvalue weighted by Crippen LogP contribution is 2.25. The summed E-state index contributed by atoms with van der Waals surface area (Å²) in [5, 5.41) is 8.65. The maximum absolute atomic E-state index is 13.1. The molecule has 0 amide bonds. The summed E-state index contributed by atoms with van der Waals surface area (Å²) in [5.74, 6) is 0. The van der Waals surface area contributed by atoms with Gasteiger partial charge >= 0.3 is 6.18 Å². The molecule has 2 rings (SSSR count). The molecule has 2 N–H and O–H groups in total. The maximum Gasteiger partial charge on any atom is 0.390 e. The van der Waals surface area contributed by atoms with Crippen LogP contribution in [0, 0.1) is 0 Å². The Hall–Kier alpha value is -2.38. The van der Waals surface area contributed by atoms with Gasteiger partial charge in [0.05, 0.1) is 12.1 Å². The Labute approximate surface area is 123 Å². The van der Waals surface area contributed by atoms with Gasteiger partial charge in [-0.05, 0) is 18.2 Å². The van der Waals surface area contributed by atoms with Crippen LogP contribution in [-0.2, 0) is 6.67 Å². The van der Waals surface area contributed by atoms with Crippen LogP contribution in [0.4, 0.5) is 23.2 Å². The predicted molar refractivity (Wildman–Crippen MR) is 74.3 cm³/mol. The fourth-order valence-corrected chi connectivity index (χ4v) is 1.88. The Kier molecular flexibility index (Phi) is 4.79. The SMILES string of the molecule is O=c1ccc(-c2ccc(NCCC(F)(F)F)c(CF)c2)n[nH]1. The fraction of sp³-hybridized carbons (Fsp3) is 0.286. The van der Waals surface area contributed by atoms with Crippen molar-refractivity contribution in [1.82, 2.24) is 10.2 Å². The van der Waals surface area contributed by atoms with Crippen molar-refractivity contribution in [2.45, 2.75) is 19.3 Å². The molecule has 0 aliphatic carbocycles. The van der Waals surface area contributed by atoms with Crippen molar-refractivity contribution in [2.75, 3.05) is 11.9 Å². The summed E-state index contributed by atoms with van der Waals surface area (Å²) in [7, 11) is 0. The molecule has 0 fully saturated rings. The van der Waals surface area contributed by atoms with Gasteiger partial charge < -0.3 is 5.32 Å². The van der Waals surface area contributed by atoms with E-state index in [4.69, 9.17) is 0 Å². The Balaban J connectivity index is 2.17. The summed E-state index contributed by atoms with van der Waals surface area (Å²) in [5.41, 5.74) is 1.17. The second kappa shape index (κ2) is 6.59. The van der Waals surface area contributed by atoms with Gasteiger partial charge in [-0.15, -0.1) is 0 Å². The van der Waals surface area contributed by atoms with E-state index in [0.29, 0.717) is 16.9 Å². The van der Waals surface area contributed by atoms with Crippen LogP contribution in [0.25, 0.3) is 11.3 Å². The summed E-state index contributed by atoms with van der Waals surface area (Å²) in [4.78, 5) is 10.9. The van der Waals surface area contributed by atoms with Gasteiger partial charge in [0.2, 0.25) is 0 Å². The lowest BCUT2D eigenvalue weighted by Gasteiger charge is -2.13. The summed E-state index contributed by atoms with van der Waals surface area (Å²) in [6.07, 6.45) is -5.26. The Morgan fingerprint density at radius 1 is 1.18 bits per heavy atom. The van der Waals surface area contributed by atoms with Gasteiger partial charge in [0.1, 0.15) is 6.67 Å². The lowest BCUT2D eigenvalue weighted by Crippen LogP contribution is -2.15. The zero-order chi connectivity index (χ0) is 16.2. The van der Waals surface area contributed by atoms with Crippen molar-refractivity contribution in [3.63, 3.8) is 0 Å². The highest BCUT2D eigenvalue weighted by molar-refractivity contribution is 5.65. The molecule has 0 saturated carbocycles. The molecule has 118 valence electrons. The number of benzene rings is 1. The van der Waals surface area contributed by atoms with Gasteiger partial charge in [0.15, 0.2) is 0 Å². The molecule has 0 saturated heterocycles. The molecule has 0 atom stereocenters. The van der Waals surface area contributed by atoms with Crippen LogP contribution in [-0.4, -0.2) is 22.9 Å². The number of aromatic amines is 1. The molecule has 22 heavy (non-hydrogen) atoms. The van der Waals surface area contributed by atoms with Gasteiger partial charge in [-0.1, -0.05) is 6.07 Å². The highest BCUT2D eigenvalue weighted by atomic mass is 19.4. The molecule has 8 heteroatoms. The topological polar surface area (TPSA) is 57.8 Å². The summed E-state index contributed by atoms with van der Waals surface area (Å²) in [6, 6.07) is 7.33. The van der Waals surface area contributed by atoms with Crippen molar-refractivity contribution >= 4 is 5.69 Å². The molecule has 0 spiro atoms. The molecular weight excluding hydrogens is 302 g/mol. The average molecular weight is 315 g/mol. The predicted octanol–water partition coefficient (Wildman–Crippen LogP) is 3.27. The second-order valence-corrected chi connectivity index (χ2v) is 4.60. The van der Waals surface area contributed by atoms with Crippen LogP contribution in [0.15, 0.2) is 35.1 Å². The van der Waals surface area contributed by atoms with Crippen LogP contribution in [0.1, 0.15) is 12.0 Å². The molecule has 0 unspecified atom stereocenters. The number of nitrogens with zero attached hydrogens (tertiary/aromatic N) is 1. The summed E-state index contributed by atoms with van der Waals surface area (Å²) < 4.78 is 49.4. The molecule has 0 aliphatic heterocycles. The first-order valence-electron chi connectivity index (χ1n) is 6.44. The van der Waals surface area contributed by atoms with E-state index in [-0.39, 0.29) is 17.7 Å². The van der Waals surface area contributed by atoms with Crippen molar-refractivity contribution in [3.05, 3.63) is 46.2 Å². The van der Waals surface area contributed by atoms with E-state index in [2.05, 4.69) is 15.5 Å². The molecule has 0 aliphatic rings. The van der Waals surface area contributed by atoms with Crippen molar-refractivity contribution in [2.24, 2.45) is 0 Å². The third kappa shape index (κ3) is 4.31. The zero-order valence-electron chi connectivity index (χ0n) is 11.4. The highest BCUT2D eigenvalue weighted by Gasteiger charge is 2.26. The number of anilines is 1. The van der Waals surface area contributed by atoms with Gasteiger partial charge in [-0.25, -0.2) is 9.49 Å². The number of H-pyrrole nitrogens is 1. The largest absolute Gasteiger partial charge is 0.390 e. The lowest BCUT2D eigenvalue weighted by molar-refractivity contribution is -0.131. The number of hydrogen-bond acceptors (Lipinski definition) is 3. The van der Waals surface area contributed by atoms with E-state index in [0.717, 1.165) is 0 Å². The minimum absolute atomic E-state index is 0.229.